The number of nitrogens with zero attached hydrogens (tertiary/aromatic N) is 2. The summed E-state index contributed by atoms with van der Waals surface area (Å²) in [5.41, 5.74) is 2.71. The molecular formula is C21H30N2O4. The van der Waals surface area contributed by atoms with E-state index in [1.165, 1.54) is 4.90 Å². The van der Waals surface area contributed by atoms with Crippen molar-refractivity contribution in [2.45, 2.75) is 40.5 Å². The molecule has 1 saturated heterocycles. The average Bonchev–Trinajstić information content (AvgIpc) is 2.58. The molecule has 0 radical (unpaired) electrons. The maximum atomic E-state index is 12.9. The number of hydrogen-bond donors (Lipinski definition) is 1. The van der Waals surface area contributed by atoms with E-state index in [0.717, 1.165) is 17.5 Å². The highest BCUT2D eigenvalue weighted by molar-refractivity contribution is 5.95. The quantitative estimate of drug-likeness (QED) is 0.830. The third-order valence-electron chi connectivity index (χ3n) is 4.75. The summed E-state index contributed by atoms with van der Waals surface area (Å²) in [5, 5.41) is 9.13. The van der Waals surface area contributed by atoms with Crippen LogP contribution in [0.4, 0.5) is 0 Å². The largest absolute Gasteiger partial charge is 0.480 e. The molecule has 0 bridgehead atoms. The van der Waals surface area contributed by atoms with Crippen molar-refractivity contribution in [1.82, 2.24) is 9.80 Å². The fraction of sp³-hybridized carbons (Fsp3) is 0.571. The Balaban J connectivity index is 2.12. The first-order chi connectivity index (χ1) is 12.7. The van der Waals surface area contributed by atoms with E-state index in [1.54, 1.807) is 4.90 Å². The number of aliphatic carboxylic acids is 1. The van der Waals surface area contributed by atoms with Gasteiger partial charge in [0.15, 0.2) is 0 Å². The molecular weight excluding hydrogens is 344 g/mol. The highest BCUT2D eigenvalue weighted by Gasteiger charge is 2.32. The van der Waals surface area contributed by atoms with Gasteiger partial charge in [0, 0.05) is 25.2 Å². The number of carboxylic acids is 1. The monoisotopic (exact) mass is 374 g/mol. The molecule has 1 N–H and O–H groups in total. The summed E-state index contributed by atoms with van der Waals surface area (Å²) in [7, 11) is 0. The molecule has 1 aromatic rings. The minimum Gasteiger partial charge on any atom is -0.480 e. The molecule has 1 fully saturated rings. The molecule has 2 amide bonds. The Morgan fingerprint density at radius 2 is 1.81 bits per heavy atom. The lowest BCUT2D eigenvalue weighted by molar-refractivity contribution is -0.147. The summed E-state index contributed by atoms with van der Waals surface area (Å²) in [6.07, 6.45) is 1.43. The molecule has 27 heavy (non-hydrogen) atoms. The van der Waals surface area contributed by atoms with Crippen LogP contribution in [0.5, 0.6) is 0 Å². The van der Waals surface area contributed by atoms with Gasteiger partial charge in [-0.3, -0.25) is 14.4 Å². The van der Waals surface area contributed by atoms with Gasteiger partial charge in [0.25, 0.3) is 5.91 Å². The Kier molecular flexibility index (Phi) is 6.99. The van der Waals surface area contributed by atoms with Crippen molar-refractivity contribution in [1.29, 1.82) is 0 Å². The Bertz CT molecular complexity index is 694. The van der Waals surface area contributed by atoms with Crippen LogP contribution in [0.1, 0.15) is 48.2 Å². The Morgan fingerprint density at radius 3 is 2.37 bits per heavy atom. The van der Waals surface area contributed by atoms with Gasteiger partial charge in [0.1, 0.15) is 6.54 Å². The molecule has 6 heteroatoms. The van der Waals surface area contributed by atoms with Crippen LogP contribution in [0.3, 0.4) is 0 Å². The van der Waals surface area contributed by atoms with Gasteiger partial charge in [-0.1, -0.05) is 31.0 Å². The molecule has 1 unspecified atom stereocenters. The third kappa shape index (κ3) is 5.81. The number of rotatable bonds is 6. The highest BCUT2D eigenvalue weighted by atomic mass is 16.4. The van der Waals surface area contributed by atoms with E-state index < -0.39 is 5.97 Å². The summed E-state index contributed by atoms with van der Waals surface area (Å²) in [6.45, 7) is 8.92. The van der Waals surface area contributed by atoms with Gasteiger partial charge < -0.3 is 14.9 Å². The van der Waals surface area contributed by atoms with E-state index in [2.05, 4.69) is 0 Å². The summed E-state index contributed by atoms with van der Waals surface area (Å²) in [6, 6.07) is 5.77. The number of carbonyl (C=O) groups excluding carboxylic acids is 2. The van der Waals surface area contributed by atoms with E-state index in [4.69, 9.17) is 5.11 Å². The molecule has 2 rings (SSSR count). The van der Waals surface area contributed by atoms with Gasteiger partial charge in [-0.2, -0.15) is 0 Å². The van der Waals surface area contributed by atoms with E-state index in [1.807, 2.05) is 45.9 Å². The van der Waals surface area contributed by atoms with Gasteiger partial charge in [-0.05, 0) is 44.7 Å². The fourth-order valence-corrected chi connectivity index (χ4v) is 3.74. The predicted octanol–water partition coefficient (Wildman–Crippen LogP) is 2.72. The van der Waals surface area contributed by atoms with Gasteiger partial charge in [0.2, 0.25) is 5.91 Å². The molecule has 0 spiro atoms. The van der Waals surface area contributed by atoms with E-state index in [0.29, 0.717) is 31.6 Å². The second-order valence-corrected chi connectivity index (χ2v) is 7.97. The molecule has 6 nitrogen and oxygen atoms in total. The second-order valence-electron chi connectivity index (χ2n) is 7.97. The number of amides is 2. The molecule has 148 valence electrons. The first-order valence-electron chi connectivity index (χ1n) is 9.55. The lowest BCUT2D eigenvalue weighted by atomic mass is 9.95. The third-order valence-corrected chi connectivity index (χ3v) is 4.75. The normalized spacial score (nSPS) is 17.1. The number of carboxylic acid groups (broad SMARTS) is 1. The Labute approximate surface area is 161 Å². The maximum Gasteiger partial charge on any atom is 0.323 e. The van der Waals surface area contributed by atoms with Crippen molar-refractivity contribution in [3.05, 3.63) is 34.9 Å². The van der Waals surface area contributed by atoms with Crippen LogP contribution in [0.25, 0.3) is 0 Å². The smallest absolute Gasteiger partial charge is 0.323 e. The van der Waals surface area contributed by atoms with E-state index in [9.17, 15) is 14.4 Å². The van der Waals surface area contributed by atoms with Crippen LogP contribution in [-0.2, 0) is 9.59 Å². The Hall–Kier alpha value is -2.37. The Morgan fingerprint density at radius 1 is 1.19 bits per heavy atom. The number of benzene rings is 1. The van der Waals surface area contributed by atoms with Crippen molar-refractivity contribution in [2.24, 2.45) is 11.8 Å². The van der Waals surface area contributed by atoms with Gasteiger partial charge >= 0.3 is 5.97 Å². The van der Waals surface area contributed by atoms with Gasteiger partial charge in [-0.15, -0.1) is 0 Å². The number of piperidine rings is 1. The van der Waals surface area contributed by atoms with Gasteiger partial charge in [0.05, 0.1) is 5.92 Å². The summed E-state index contributed by atoms with van der Waals surface area (Å²) in [5.74, 6) is -1.39. The molecule has 0 saturated carbocycles. The van der Waals surface area contributed by atoms with Crippen LogP contribution in [0.15, 0.2) is 18.2 Å². The lowest BCUT2D eigenvalue weighted by Gasteiger charge is -2.35. The molecule has 1 aromatic carbocycles. The zero-order valence-corrected chi connectivity index (χ0v) is 16.7. The van der Waals surface area contributed by atoms with E-state index in [-0.39, 0.29) is 30.2 Å². The second kappa shape index (κ2) is 9.02. The molecule has 0 aliphatic carbocycles. The number of carbonyl (C=O) groups is 3. The van der Waals surface area contributed by atoms with Crippen molar-refractivity contribution >= 4 is 17.8 Å². The number of aryl methyl sites for hydroxylation is 2. The van der Waals surface area contributed by atoms with E-state index >= 15 is 0 Å². The lowest BCUT2D eigenvalue weighted by Crippen LogP contribution is -2.48. The zero-order chi connectivity index (χ0) is 20.1. The number of likely N-dealkylation sites (tertiary alicyclic amines) is 1. The topological polar surface area (TPSA) is 77.9 Å². The zero-order valence-electron chi connectivity index (χ0n) is 16.7. The van der Waals surface area contributed by atoms with Crippen LogP contribution in [-0.4, -0.2) is 58.9 Å². The summed E-state index contributed by atoms with van der Waals surface area (Å²) >= 11 is 0. The minimum atomic E-state index is -1.01. The van der Waals surface area contributed by atoms with Crippen LogP contribution >= 0.6 is 0 Å². The fourth-order valence-electron chi connectivity index (χ4n) is 3.74. The molecule has 1 aliphatic rings. The SMILES string of the molecule is Cc1cc(C)cc(C(=O)N2CCCC(C(=O)N(CC(=O)O)CC(C)C)C2)c1. The molecule has 1 heterocycles. The predicted molar refractivity (Wildman–Crippen MR) is 104 cm³/mol. The average molecular weight is 374 g/mol. The van der Waals surface area contributed by atoms with Crippen molar-refractivity contribution in [3.8, 4) is 0 Å². The maximum absolute atomic E-state index is 12.9. The number of hydrogen-bond acceptors (Lipinski definition) is 3. The minimum absolute atomic E-state index is 0.0621. The first kappa shape index (κ1) is 20.9. The molecule has 0 aromatic heterocycles. The first-order valence-corrected chi connectivity index (χ1v) is 9.55. The van der Waals surface area contributed by atoms with Crippen molar-refractivity contribution < 1.29 is 19.5 Å². The van der Waals surface area contributed by atoms with Crippen molar-refractivity contribution in [2.75, 3.05) is 26.2 Å². The highest BCUT2D eigenvalue weighted by Crippen LogP contribution is 2.22. The van der Waals surface area contributed by atoms with Crippen LogP contribution < -0.4 is 0 Å². The van der Waals surface area contributed by atoms with Crippen molar-refractivity contribution in [3.63, 3.8) is 0 Å². The van der Waals surface area contributed by atoms with Crippen LogP contribution in [0.2, 0.25) is 0 Å². The van der Waals surface area contributed by atoms with Gasteiger partial charge in [-0.25, -0.2) is 0 Å². The standard InChI is InChI=1S/C21H30N2O4/c1-14(2)11-23(13-19(24)25)20(26)17-6-5-7-22(12-17)21(27)18-9-15(3)8-16(4)10-18/h8-10,14,17H,5-7,11-13H2,1-4H3,(H,24,25). The molecule has 1 aliphatic heterocycles. The summed E-state index contributed by atoms with van der Waals surface area (Å²) in [4.78, 5) is 40.1. The molecule has 1 atom stereocenters. The summed E-state index contributed by atoms with van der Waals surface area (Å²) < 4.78 is 0. The van der Waals surface area contributed by atoms with Crippen LogP contribution in [0, 0.1) is 25.7 Å².